The van der Waals surface area contributed by atoms with E-state index in [-0.39, 0.29) is 5.41 Å². The van der Waals surface area contributed by atoms with Crippen molar-refractivity contribution in [3.05, 3.63) is 15.6 Å². The summed E-state index contributed by atoms with van der Waals surface area (Å²) in [6.07, 6.45) is 3.35. The van der Waals surface area contributed by atoms with Gasteiger partial charge in [0.2, 0.25) is 0 Å². The van der Waals surface area contributed by atoms with E-state index in [1.54, 1.807) is 0 Å². The van der Waals surface area contributed by atoms with Crippen molar-refractivity contribution in [2.45, 2.75) is 52.4 Å². The van der Waals surface area contributed by atoms with Gasteiger partial charge in [0.1, 0.15) is 0 Å². The van der Waals surface area contributed by atoms with Gasteiger partial charge < -0.3 is 5.73 Å². The van der Waals surface area contributed by atoms with Crippen LogP contribution in [0, 0.1) is 0 Å². The fraction of sp³-hybridized carbons (Fsp3) is 0.750. The Labute approximate surface area is 96.9 Å². The molecule has 1 aromatic heterocycles. The second-order valence-electron chi connectivity index (χ2n) is 4.58. The van der Waals surface area contributed by atoms with Crippen molar-refractivity contribution < 1.29 is 0 Å². The molecule has 0 saturated heterocycles. The van der Waals surface area contributed by atoms with Crippen LogP contribution in [0.25, 0.3) is 0 Å². The summed E-state index contributed by atoms with van der Waals surface area (Å²) in [4.78, 5) is 6.19. The summed E-state index contributed by atoms with van der Waals surface area (Å²) in [6, 6.07) is 0. The molecule has 0 aliphatic carbocycles. The normalized spacial score (nSPS) is 12.1. The lowest BCUT2D eigenvalue weighted by Crippen LogP contribution is -2.27. The minimum Gasteiger partial charge on any atom is -0.330 e. The highest BCUT2D eigenvalue weighted by atomic mass is 32.1. The van der Waals surface area contributed by atoms with Gasteiger partial charge in [0, 0.05) is 16.8 Å². The summed E-state index contributed by atoms with van der Waals surface area (Å²) < 4.78 is 0. The Bertz CT molecular complexity index is 315. The molecule has 0 aromatic carbocycles. The van der Waals surface area contributed by atoms with Gasteiger partial charge in [-0.25, -0.2) is 4.98 Å². The molecule has 0 radical (unpaired) electrons. The maximum Gasteiger partial charge on any atom is 0.1000 e. The third-order valence-corrected chi connectivity index (χ3v) is 4.28. The van der Waals surface area contributed by atoms with E-state index in [4.69, 9.17) is 10.7 Å². The summed E-state index contributed by atoms with van der Waals surface area (Å²) in [5, 5.41) is 1.20. The van der Waals surface area contributed by atoms with E-state index in [0.29, 0.717) is 6.54 Å². The summed E-state index contributed by atoms with van der Waals surface area (Å²) >= 11 is 1.84. The largest absolute Gasteiger partial charge is 0.330 e. The lowest BCUT2D eigenvalue weighted by Gasteiger charge is -2.18. The third-order valence-electron chi connectivity index (χ3n) is 2.68. The van der Waals surface area contributed by atoms with E-state index in [1.807, 2.05) is 11.3 Å². The van der Waals surface area contributed by atoms with Crippen LogP contribution in [0.4, 0.5) is 0 Å². The van der Waals surface area contributed by atoms with Gasteiger partial charge in [0.15, 0.2) is 0 Å². The van der Waals surface area contributed by atoms with E-state index >= 15 is 0 Å². The molecule has 0 spiro atoms. The Morgan fingerprint density at radius 2 is 2.00 bits per heavy atom. The minimum absolute atomic E-state index is 0.0284. The van der Waals surface area contributed by atoms with Gasteiger partial charge >= 0.3 is 0 Å². The fourth-order valence-corrected chi connectivity index (χ4v) is 2.63. The van der Waals surface area contributed by atoms with Crippen LogP contribution in [0.2, 0.25) is 0 Å². The summed E-state index contributed by atoms with van der Waals surface area (Å²) in [5.41, 5.74) is 7.10. The van der Waals surface area contributed by atoms with E-state index in [2.05, 4.69) is 27.7 Å². The zero-order valence-electron chi connectivity index (χ0n) is 10.3. The van der Waals surface area contributed by atoms with Crippen LogP contribution in [0.1, 0.15) is 49.7 Å². The number of aryl methyl sites for hydroxylation is 2. The van der Waals surface area contributed by atoms with Gasteiger partial charge in [-0.1, -0.05) is 34.1 Å². The van der Waals surface area contributed by atoms with Gasteiger partial charge in [0.05, 0.1) is 10.7 Å². The highest BCUT2D eigenvalue weighted by Gasteiger charge is 2.24. The molecule has 1 heterocycles. The number of hydrogen-bond acceptors (Lipinski definition) is 3. The molecule has 2 nitrogen and oxygen atoms in total. The average molecular weight is 226 g/mol. The smallest absolute Gasteiger partial charge is 0.1000 e. The predicted molar refractivity (Wildman–Crippen MR) is 67.6 cm³/mol. The van der Waals surface area contributed by atoms with E-state index in [9.17, 15) is 0 Å². The van der Waals surface area contributed by atoms with Crippen molar-refractivity contribution in [3.8, 4) is 0 Å². The second-order valence-corrected chi connectivity index (χ2v) is 5.66. The maximum atomic E-state index is 5.78. The molecule has 3 heteroatoms. The second kappa shape index (κ2) is 5.08. The van der Waals surface area contributed by atoms with Crippen LogP contribution in [0.5, 0.6) is 0 Å². The molecule has 0 bridgehead atoms. The highest BCUT2D eigenvalue weighted by Crippen LogP contribution is 2.30. The van der Waals surface area contributed by atoms with Crippen molar-refractivity contribution in [2.24, 2.45) is 5.73 Å². The Kier molecular flexibility index (Phi) is 4.29. The van der Waals surface area contributed by atoms with Crippen LogP contribution in [0.15, 0.2) is 0 Å². The first-order valence-corrected chi connectivity index (χ1v) is 6.56. The predicted octanol–water partition coefficient (Wildman–Crippen LogP) is 2.89. The van der Waals surface area contributed by atoms with E-state index in [0.717, 1.165) is 12.8 Å². The van der Waals surface area contributed by atoms with Crippen LogP contribution in [-0.4, -0.2) is 11.5 Å². The molecule has 0 atom stereocenters. The molecule has 86 valence electrons. The molecule has 0 aliphatic rings. The first-order valence-electron chi connectivity index (χ1n) is 5.74. The van der Waals surface area contributed by atoms with E-state index in [1.165, 1.54) is 22.0 Å². The summed E-state index contributed by atoms with van der Waals surface area (Å²) in [7, 11) is 0. The van der Waals surface area contributed by atoms with Crippen LogP contribution < -0.4 is 5.73 Å². The Balaban J connectivity index is 3.01. The molecule has 0 aliphatic heterocycles. The van der Waals surface area contributed by atoms with Crippen molar-refractivity contribution in [3.63, 3.8) is 0 Å². The maximum absolute atomic E-state index is 5.78. The minimum atomic E-state index is 0.0284. The molecular weight excluding hydrogens is 204 g/mol. The molecule has 0 unspecified atom stereocenters. The number of hydrogen-bond donors (Lipinski definition) is 1. The molecular formula is C12H22N2S. The van der Waals surface area contributed by atoms with E-state index < -0.39 is 0 Å². The van der Waals surface area contributed by atoms with Gasteiger partial charge in [-0.05, 0) is 12.8 Å². The number of nitrogens with zero attached hydrogens (tertiary/aromatic N) is 1. The topological polar surface area (TPSA) is 38.9 Å². The molecule has 15 heavy (non-hydrogen) atoms. The van der Waals surface area contributed by atoms with Crippen LogP contribution in [0.3, 0.4) is 0 Å². The molecule has 1 rings (SSSR count). The van der Waals surface area contributed by atoms with Crippen molar-refractivity contribution in [2.75, 3.05) is 6.54 Å². The number of rotatable bonds is 5. The lowest BCUT2D eigenvalue weighted by molar-refractivity contribution is 0.533. The van der Waals surface area contributed by atoms with Crippen LogP contribution in [-0.2, 0) is 18.3 Å². The zero-order valence-corrected chi connectivity index (χ0v) is 11.1. The lowest BCUT2D eigenvalue weighted by atomic mass is 9.95. The van der Waals surface area contributed by atoms with Gasteiger partial charge in [-0.2, -0.15) is 0 Å². The Morgan fingerprint density at radius 1 is 1.33 bits per heavy atom. The van der Waals surface area contributed by atoms with Crippen molar-refractivity contribution in [1.82, 2.24) is 4.98 Å². The number of aromatic nitrogens is 1. The van der Waals surface area contributed by atoms with Crippen molar-refractivity contribution in [1.29, 1.82) is 0 Å². The monoisotopic (exact) mass is 226 g/mol. The quantitative estimate of drug-likeness (QED) is 0.838. The highest BCUT2D eigenvalue weighted by molar-refractivity contribution is 7.11. The Morgan fingerprint density at radius 3 is 2.47 bits per heavy atom. The van der Waals surface area contributed by atoms with Gasteiger partial charge in [-0.3, -0.25) is 0 Å². The number of thiazole rings is 1. The fourth-order valence-electron chi connectivity index (χ4n) is 1.47. The van der Waals surface area contributed by atoms with Crippen LogP contribution >= 0.6 is 11.3 Å². The SMILES string of the molecule is CCCc1nc(C(C)(C)CN)sc1CC. The summed E-state index contributed by atoms with van der Waals surface area (Å²) in [5.74, 6) is 0. The van der Waals surface area contributed by atoms with Crippen molar-refractivity contribution >= 4 is 11.3 Å². The van der Waals surface area contributed by atoms with Gasteiger partial charge in [-0.15, -0.1) is 11.3 Å². The first-order chi connectivity index (χ1) is 7.05. The van der Waals surface area contributed by atoms with Gasteiger partial charge in [0.25, 0.3) is 0 Å². The first kappa shape index (κ1) is 12.7. The number of nitrogens with two attached hydrogens (primary N) is 1. The zero-order chi connectivity index (χ0) is 11.5. The summed E-state index contributed by atoms with van der Waals surface area (Å²) in [6.45, 7) is 9.40. The third kappa shape index (κ3) is 2.79. The standard InChI is InChI=1S/C12H22N2S/c1-5-7-9-10(6-2)15-11(14-9)12(3,4)8-13/h5-8,13H2,1-4H3. The Hall–Kier alpha value is -0.410. The molecule has 0 saturated carbocycles. The molecule has 2 N–H and O–H groups in total. The molecule has 0 amide bonds. The molecule has 0 fully saturated rings. The molecule has 1 aromatic rings. The average Bonchev–Trinajstić information content (AvgIpc) is 2.62.